The summed E-state index contributed by atoms with van der Waals surface area (Å²) in [5, 5.41) is 4.99. The van der Waals surface area contributed by atoms with Crippen LogP contribution in [0.5, 0.6) is 0 Å². The fourth-order valence-electron chi connectivity index (χ4n) is 6.28. The average Bonchev–Trinajstić information content (AvgIpc) is 3.15. The molecule has 0 fully saturated rings. The number of hydrogen-bond donors (Lipinski definition) is 0. The van der Waals surface area contributed by atoms with Gasteiger partial charge < -0.3 is 0 Å². The SMILES string of the molecule is CC1(C)c2ccccc2-c2cccc(-c3c4ccccc4c(-c4ccccc4)c4ccncc34)c21. The first-order valence-corrected chi connectivity index (χ1v) is 12.2. The van der Waals surface area contributed by atoms with Crippen molar-refractivity contribution in [2.75, 3.05) is 0 Å². The number of rotatable bonds is 2. The van der Waals surface area contributed by atoms with Crippen molar-refractivity contribution in [3.05, 3.63) is 127 Å². The number of pyridine rings is 1. The first-order valence-electron chi connectivity index (χ1n) is 12.2. The monoisotopic (exact) mass is 447 g/mol. The molecule has 0 saturated heterocycles. The summed E-state index contributed by atoms with van der Waals surface area (Å²) in [6.07, 6.45) is 3.97. The molecule has 7 rings (SSSR count). The van der Waals surface area contributed by atoms with Crippen molar-refractivity contribution in [2.45, 2.75) is 19.3 Å². The number of aromatic nitrogens is 1. The minimum atomic E-state index is -0.0870. The van der Waals surface area contributed by atoms with Crippen molar-refractivity contribution in [3.63, 3.8) is 0 Å². The molecular weight excluding hydrogens is 422 g/mol. The largest absolute Gasteiger partial charge is 0.264 e. The van der Waals surface area contributed by atoms with E-state index in [0.29, 0.717) is 0 Å². The third-order valence-corrected chi connectivity index (χ3v) is 7.74. The number of nitrogens with zero attached hydrogens (tertiary/aromatic N) is 1. The molecule has 0 radical (unpaired) electrons. The Morgan fingerprint density at radius 1 is 0.514 bits per heavy atom. The molecule has 0 atom stereocenters. The normalized spacial score (nSPS) is 13.7. The Morgan fingerprint density at radius 2 is 1.14 bits per heavy atom. The molecule has 166 valence electrons. The van der Waals surface area contributed by atoms with Gasteiger partial charge in [-0.3, -0.25) is 4.98 Å². The zero-order valence-electron chi connectivity index (χ0n) is 19.9. The Hall–Kier alpha value is -4.23. The summed E-state index contributed by atoms with van der Waals surface area (Å²) in [6.45, 7) is 4.73. The standard InChI is InChI=1S/C34H25N/c1-34(2)30-18-9-8-13-23(30)27-16-10-17-28(33(27)34)32-25-15-7-6-14-24(25)31(22-11-4-3-5-12-22)26-19-20-35-21-29(26)32/h3-21H,1-2H3. The molecule has 1 heteroatoms. The lowest BCUT2D eigenvalue weighted by molar-refractivity contribution is 0.662. The molecule has 0 unspecified atom stereocenters. The average molecular weight is 448 g/mol. The lowest BCUT2D eigenvalue weighted by Crippen LogP contribution is -2.16. The molecule has 1 nitrogen and oxygen atoms in total. The molecule has 0 aliphatic heterocycles. The molecule has 35 heavy (non-hydrogen) atoms. The van der Waals surface area contributed by atoms with Gasteiger partial charge in [0, 0.05) is 23.2 Å². The van der Waals surface area contributed by atoms with Crippen LogP contribution in [0.3, 0.4) is 0 Å². The Kier molecular flexibility index (Phi) is 4.25. The topological polar surface area (TPSA) is 12.9 Å². The van der Waals surface area contributed by atoms with E-state index in [-0.39, 0.29) is 5.41 Å². The van der Waals surface area contributed by atoms with Gasteiger partial charge in [0.15, 0.2) is 0 Å². The zero-order valence-corrected chi connectivity index (χ0v) is 19.9. The smallest absolute Gasteiger partial charge is 0.0353 e. The molecule has 1 aliphatic rings. The van der Waals surface area contributed by atoms with Gasteiger partial charge in [-0.15, -0.1) is 0 Å². The van der Waals surface area contributed by atoms with Crippen LogP contribution in [-0.2, 0) is 5.41 Å². The molecule has 1 heterocycles. The van der Waals surface area contributed by atoms with E-state index in [1.807, 2.05) is 6.20 Å². The van der Waals surface area contributed by atoms with E-state index in [2.05, 4.69) is 128 Å². The van der Waals surface area contributed by atoms with Gasteiger partial charge in [0.2, 0.25) is 0 Å². The summed E-state index contributed by atoms with van der Waals surface area (Å²) in [5.41, 5.74) is 10.5. The highest BCUT2D eigenvalue weighted by atomic mass is 14.6. The maximum atomic E-state index is 4.61. The van der Waals surface area contributed by atoms with Gasteiger partial charge in [-0.1, -0.05) is 111 Å². The van der Waals surface area contributed by atoms with Crippen molar-refractivity contribution < 1.29 is 0 Å². The lowest BCUT2D eigenvalue weighted by Gasteiger charge is -2.26. The van der Waals surface area contributed by atoms with Crippen molar-refractivity contribution in [3.8, 4) is 33.4 Å². The highest BCUT2D eigenvalue weighted by molar-refractivity contribution is 6.21. The van der Waals surface area contributed by atoms with E-state index in [9.17, 15) is 0 Å². The maximum absolute atomic E-state index is 4.61. The van der Waals surface area contributed by atoms with Gasteiger partial charge in [0.25, 0.3) is 0 Å². The van der Waals surface area contributed by atoms with Crippen LogP contribution in [-0.4, -0.2) is 4.98 Å². The van der Waals surface area contributed by atoms with E-state index < -0.39 is 0 Å². The first-order chi connectivity index (χ1) is 17.2. The van der Waals surface area contributed by atoms with Crippen molar-refractivity contribution in [1.82, 2.24) is 4.98 Å². The second-order valence-corrected chi connectivity index (χ2v) is 9.98. The van der Waals surface area contributed by atoms with Gasteiger partial charge >= 0.3 is 0 Å². The highest BCUT2D eigenvalue weighted by Gasteiger charge is 2.37. The summed E-state index contributed by atoms with van der Waals surface area (Å²) in [4.78, 5) is 4.61. The highest BCUT2D eigenvalue weighted by Crippen LogP contribution is 2.54. The van der Waals surface area contributed by atoms with Crippen LogP contribution in [0.2, 0.25) is 0 Å². The first kappa shape index (κ1) is 20.2. The molecule has 0 N–H and O–H groups in total. The molecule has 0 bridgehead atoms. The molecule has 1 aromatic heterocycles. The number of benzene rings is 5. The Morgan fingerprint density at radius 3 is 1.97 bits per heavy atom. The van der Waals surface area contributed by atoms with Crippen molar-refractivity contribution >= 4 is 21.5 Å². The Balaban J connectivity index is 1.66. The molecule has 0 saturated carbocycles. The van der Waals surface area contributed by atoms with Gasteiger partial charge in [-0.2, -0.15) is 0 Å². The summed E-state index contributed by atoms with van der Waals surface area (Å²) in [7, 11) is 0. The third-order valence-electron chi connectivity index (χ3n) is 7.74. The van der Waals surface area contributed by atoms with Crippen molar-refractivity contribution in [1.29, 1.82) is 0 Å². The fourth-order valence-corrected chi connectivity index (χ4v) is 6.28. The minimum absolute atomic E-state index is 0.0870. The molecule has 5 aromatic carbocycles. The number of fused-ring (bicyclic) bond motifs is 5. The van der Waals surface area contributed by atoms with Crippen LogP contribution in [0.15, 0.2) is 116 Å². The van der Waals surface area contributed by atoms with E-state index in [1.165, 1.54) is 66.1 Å². The predicted octanol–water partition coefficient (Wildman–Crippen LogP) is 9.03. The van der Waals surface area contributed by atoms with Crippen molar-refractivity contribution in [2.24, 2.45) is 0 Å². The van der Waals surface area contributed by atoms with E-state index in [0.717, 1.165) is 0 Å². The summed E-state index contributed by atoms with van der Waals surface area (Å²) in [5.74, 6) is 0. The van der Waals surface area contributed by atoms with E-state index in [1.54, 1.807) is 0 Å². The van der Waals surface area contributed by atoms with Gasteiger partial charge in [-0.25, -0.2) is 0 Å². The second-order valence-electron chi connectivity index (χ2n) is 9.98. The predicted molar refractivity (Wildman–Crippen MR) is 148 cm³/mol. The summed E-state index contributed by atoms with van der Waals surface area (Å²) in [6, 6.07) is 37.5. The van der Waals surface area contributed by atoms with Crippen LogP contribution < -0.4 is 0 Å². The molecule has 0 spiro atoms. The number of hydrogen-bond acceptors (Lipinski definition) is 1. The second kappa shape index (κ2) is 7.38. The molecule has 1 aliphatic carbocycles. The van der Waals surface area contributed by atoms with E-state index in [4.69, 9.17) is 0 Å². The van der Waals surface area contributed by atoms with Crippen LogP contribution in [0.4, 0.5) is 0 Å². The summed E-state index contributed by atoms with van der Waals surface area (Å²) < 4.78 is 0. The summed E-state index contributed by atoms with van der Waals surface area (Å²) >= 11 is 0. The lowest BCUT2D eigenvalue weighted by atomic mass is 9.77. The molecule has 6 aromatic rings. The van der Waals surface area contributed by atoms with Crippen LogP contribution in [0.1, 0.15) is 25.0 Å². The molecular formula is C34H25N. The maximum Gasteiger partial charge on any atom is 0.0353 e. The van der Waals surface area contributed by atoms with Crippen LogP contribution in [0.25, 0.3) is 54.9 Å². The van der Waals surface area contributed by atoms with Gasteiger partial charge in [0.05, 0.1) is 0 Å². The van der Waals surface area contributed by atoms with Gasteiger partial charge in [0.1, 0.15) is 0 Å². The van der Waals surface area contributed by atoms with Gasteiger partial charge in [-0.05, 0) is 66.7 Å². The fraction of sp³-hybridized carbons (Fsp3) is 0.0882. The van der Waals surface area contributed by atoms with E-state index >= 15 is 0 Å². The quantitative estimate of drug-likeness (QED) is 0.241. The molecule has 0 amide bonds. The van der Waals surface area contributed by atoms with Crippen LogP contribution >= 0.6 is 0 Å². The minimum Gasteiger partial charge on any atom is -0.264 e. The third kappa shape index (κ3) is 2.79. The van der Waals surface area contributed by atoms with Crippen LogP contribution in [0, 0.1) is 0 Å². The zero-order chi connectivity index (χ0) is 23.6. The Bertz CT molecular complexity index is 1700. The Labute approximate surface area is 205 Å².